The Morgan fingerprint density at radius 2 is 1.90 bits per heavy atom. The standard InChI is InChI=1S/C16H24N2O2S/c1-16(2,3)13-9-8-12(21-13)15(20)18-11-7-5-4-6-10(11)14(17)19/h8-11H,4-7H2,1-3H3,(H2,17,19)(H,18,20). The van der Waals surface area contributed by atoms with Gasteiger partial charge in [0.15, 0.2) is 0 Å². The lowest BCUT2D eigenvalue weighted by molar-refractivity contribution is -0.123. The van der Waals surface area contributed by atoms with Crippen LogP contribution >= 0.6 is 11.3 Å². The van der Waals surface area contributed by atoms with Crippen LogP contribution in [-0.4, -0.2) is 17.9 Å². The molecule has 0 spiro atoms. The molecule has 21 heavy (non-hydrogen) atoms. The molecule has 116 valence electrons. The molecule has 4 nitrogen and oxygen atoms in total. The summed E-state index contributed by atoms with van der Waals surface area (Å²) in [6, 6.07) is 3.75. The number of carbonyl (C=O) groups excluding carboxylic acids is 2. The number of primary amides is 1. The molecule has 1 aliphatic rings. The summed E-state index contributed by atoms with van der Waals surface area (Å²) in [5.41, 5.74) is 5.49. The molecule has 0 saturated heterocycles. The van der Waals surface area contributed by atoms with Crippen LogP contribution in [0.3, 0.4) is 0 Å². The molecule has 2 rings (SSSR count). The number of nitrogens with one attached hydrogen (secondary N) is 1. The summed E-state index contributed by atoms with van der Waals surface area (Å²) in [6.07, 6.45) is 3.65. The van der Waals surface area contributed by atoms with Crippen molar-refractivity contribution in [2.45, 2.75) is 57.9 Å². The zero-order valence-corrected chi connectivity index (χ0v) is 13.8. The second-order valence-electron chi connectivity index (χ2n) is 6.79. The van der Waals surface area contributed by atoms with Crippen LogP contribution < -0.4 is 11.1 Å². The molecule has 0 bridgehead atoms. The molecule has 1 aromatic rings. The molecule has 5 heteroatoms. The average molecular weight is 308 g/mol. The highest BCUT2D eigenvalue weighted by Crippen LogP contribution is 2.30. The van der Waals surface area contributed by atoms with Crippen molar-refractivity contribution in [1.82, 2.24) is 5.32 Å². The van der Waals surface area contributed by atoms with Crippen LogP contribution in [0.1, 0.15) is 61.0 Å². The third-order valence-electron chi connectivity index (χ3n) is 4.02. The number of nitrogens with two attached hydrogens (primary N) is 1. The molecule has 3 N–H and O–H groups in total. The minimum Gasteiger partial charge on any atom is -0.369 e. The molecule has 1 aromatic heterocycles. The van der Waals surface area contributed by atoms with Crippen LogP contribution in [0, 0.1) is 5.92 Å². The van der Waals surface area contributed by atoms with Crippen LogP contribution in [0.4, 0.5) is 0 Å². The van der Waals surface area contributed by atoms with Crippen LogP contribution in [-0.2, 0) is 10.2 Å². The highest BCUT2D eigenvalue weighted by molar-refractivity contribution is 7.14. The van der Waals surface area contributed by atoms with E-state index in [2.05, 4.69) is 26.1 Å². The van der Waals surface area contributed by atoms with Crippen LogP contribution in [0.2, 0.25) is 0 Å². The van der Waals surface area contributed by atoms with Crippen LogP contribution in [0.15, 0.2) is 12.1 Å². The van der Waals surface area contributed by atoms with Crippen LogP contribution in [0.25, 0.3) is 0 Å². The first-order chi connectivity index (χ1) is 9.79. The quantitative estimate of drug-likeness (QED) is 0.901. The van der Waals surface area contributed by atoms with Crippen molar-refractivity contribution in [2.75, 3.05) is 0 Å². The van der Waals surface area contributed by atoms with E-state index >= 15 is 0 Å². The molecule has 1 fully saturated rings. The minimum atomic E-state index is -0.304. The molecular formula is C16H24N2O2S. The van der Waals surface area contributed by atoms with Gasteiger partial charge in [0, 0.05) is 10.9 Å². The second kappa shape index (κ2) is 6.18. The van der Waals surface area contributed by atoms with Gasteiger partial charge in [0.25, 0.3) is 5.91 Å². The Morgan fingerprint density at radius 1 is 1.24 bits per heavy atom. The summed E-state index contributed by atoms with van der Waals surface area (Å²) in [5.74, 6) is -0.625. The summed E-state index contributed by atoms with van der Waals surface area (Å²) in [5, 5.41) is 3.00. The number of hydrogen-bond acceptors (Lipinski definition) is 3. The zero-order chi connectivity index (χ0) is 15.6. The Labute approximate surface area is 130 Å². The monoisotopic (exact) mass is 308 g/mol. The molecule has 1 saturated carbocycles. The predicted octanol–water partition coefficient (Wildman–Crippen LogP) is 2.82. The first kappa shape index (κ1) is 16.0. The normalized spacial score (nSPS) is 22.8. The Morgan fingerprint density at radius 3 is 2.48 bits per heavy atom. The topological polar surface area (TPSA) is 72.2 Å². The van der Waals surface area contributed by atoms with Gasteiger partial charge in [-0.3, -0.25) is 9.59 Å². The summed E-state index contributed by atoms with van der Waals surface area (Å²) >= 11 is 1.52. The molecule has 1 heterocycles. The number of hydrogen-bond donors (Lipinski definition) is 2. The zero-order valence-electron chi connectivity index (χ0n) is 12.9. The van der Waals surface area contributed by atoms with Crippen molar-refractivity contribution >= 4 is 23.2 Å². The summed E-state index contributed by atoms with van der Waals surface area (Å²) in [6.45, 7) is 6.39. The van der Waals surface area contributed by atoms with E-state index in [0.29, 0.717) is 4.88 Å². The van der Waals surface area contributed by atoms with Gasteiger partial charge in [-0.2, -0.15) is 0 Å². The second-order valence-corrected chi connectivity index (χ2v) is 7.87. The Bertz CT molecular complexity index is 531. The summed E-state index contributed by atoms with van der Waals surface area (Å²) in [4.78, 5) is 25.7. The van der Waals surface area contributed by atoms with Crippen molar-refractivity contribution in [1.29, 1.82) is 0 Å². The lowest BCUT2D eigenvalue weighted by atomic mass is 9.84. The van der Waals surface area contributed by atoms with E-state index < -0.39 is 0 Å². The fourth-order valence-corrected chi connectivity index (χ4v) is 3.71. The largest absolute Gasteiger partial charge is 0.369 e. The third kappa shape index (κ3) is 3.84. The van der Waals surface area contributed by atoms with Gasteiger partial charge in [-0.25, -0.2) is 0 Å². The smallest absolute Gasteiger partial charge is 0.261 e. The lowest BCUT2D eigenvalue weighted by Gasteiger charge is -2.29. The van der Waals surface area contributed by atoms with Gasteiger partial charge < -0.3 is 11.1 Å². The molecule has 1 aliphatic carbocycles. The van der Waals surface area contributed by atoms with E-state index in [1.165, 1.54) is 16.2 Å². The van der Waals surface area contributed by atoms with Crippen molar-refractivity contribution in [3.63, 3.8) is 0 Å². The fourth-order valence-electron chi connectivity index (χ4n) is 2.75. The predicted molar refractivity (Wildman–Crippen MR) is 85.4 cm³/mol. The fraction of sp³-hybridized carbons (Fsp3) is 0.625. The van der Waals surface area contributed by atoms with E-state index in [0.717, 1.165) is 25.7 Å². The first-order valence-corrected chi connectivity index (χ1v) is 8.31. The van der Waals surface area contributed by atoms with E-state index in [1.807, 2.05) is 12.1 Å². The van der Waals surface area contributed by atoms with Gasteiger partial charge in [-0.05, 0) is 30.4 Å². The molecule has 2 atom stereocenters. The van der Waals surface area contributed by atoms with Gasteiger partial charge in [-0.1, -0.05) is 33.6 Å². The number of thiophene rings is 1. The Balaban J connectivity index is 2.06. The van der Waals surface area contributed by atoms with Gasteiger partial charge in [0.1, 0.15) is 0 Å². The maximum Gasteiger partial charge on any atom is 0.261 e. The molecule has 0 aromatic carbocycles. The first-order valence-electron chi connectivity index (χ1n) is 7.49. The lowest BCUT2D eigenvalue weighted by Crippen LogP contribution is -2.46. The number of amides is 2. The van der Waals surface area contributed by atoms with Crippen molar-refractivity contribution < 1.29 is 9.59 Å². The van der Waals surface area contributed by atoms with Crippen molar-refractivity contribution in [3.05, 3.63) is 21.9 Å². The highest BCUT2D eigenvalue weighted by atomic mass is 32.1. The molecule has 2 amide bonds. The SMILES string of the molecule is CC(C)(C)c1ccc(C(=O)NC2CCCCC2C(N)=O)s1. The van der Waals surface area contributed by atoms with Crippen LogP contribution in [0.5, 0.6) is 0 Å². The van der Waals surface area contributed by atoms with Crippen molar-refractivity contribution in [3.8, 4) is 0 Å². The molecule has 0 aliphatic heterocycles. The summed E-state index contributed by atoms with van der Waals surface area (Å²) < 4.78 is 0. The Hall–Kier alpha value is -1.36. The van der Waals surface area contributed by atoms with Gasteiger partial charge >= 0.3 is 0 Å². The van der Waals surface area contributed by atoms with E-state index in [1.54, 1.807) is 0 Å². The van der Waals surface area contributed by atoms with Gasteiger partial charge in [-0.15, -0.1) is 11.3 Å². The number of carbonyl (C=O) groups is 2. The van der Waals surface area contributed by atoms with E-state index in [-0.39, 0.29) is 29.2 Å². The highest BCUT2D eigenvalue weighted by Gasteiger charge is 2.31. The summed E-state index contributed by atoms with van der Waals surface area (Å²) in [7, 11) is 0. The molecule has 0 radical (unpaired) electrons. The Kier molecular flexibility index (Phi) is 4.71. The number of rotatable bonds is 3. The van der Waals surface area contributed by atoms with E-state index in [9.17, 15) is 9.59 Å². The van der Waals surface area contributed by atoms with E-state index in [4.69, 9.17) is 5.73 Å². The average Bonchev–Trinajstić information content (AvgIpc) is 2.88. The maximum atomic E-state index is 12.4. The van der Waals surface area contributed by atoms with Gasteiger partial charge in [0.05, 0.1) is 10.8 Å². The molecule has 2 unspecified atom stereocenters. The third-order valence-corrected chi connectivity index (χ3v) is 5.53. The van der Waals surface area contributed by atoms with Gasteiger partial charge in [0.2, 0.25) is 5.91 Å². The molecular weight excluding hydrogens is 284 g/mol. The van der Waals surface area contributed by atoms with Crippen molar-refractivity contribution in [2.24, 2.45) is 11.7 Å². The minimum absolute atomic E-state index is 0.0454. The maximum absolute atomic E-state index is 12.4.